The SMILES string of the molecule is CCc1ccc(S(N)(=O)=O)cc1NS(=O)(=O)C=Cc1ccc(C)cc1. The minimum atomic E-state index is -3.92. The van der Waals surface area contributed by atoms with Crippen molar-refractivity contribution in [1.82, 2.24) is 0 Å². The molecule has 0 spiro atoms. The molecule has 2 aromatic rings. The highest BCUT2D eigenvalue weighted by atomic mass is 32.2. The summed E-state index contributed by atoms with van der Waals surface area (Å²) < 4.78 is 49.9. The highest BCUT2D eigenvalue weighted by molar-refractivity contribution is 7.95. The monoisotopic (exact) mass is 380 g/mol. The molecule has 2 aromatic carbocycles. The third kappa shape index (κ3) is 5.42. The molecule has 0 heterocycles. The van der Waals surface area contributed by atoms with Crippen LogP contribution in [0.2, 0.25) is 0 Å². The van der Waals surface area contributed by atoms with Crippen molar-refractivity contribution >= 4 is 31.8 Å². The number of hydrogen-bond acceptors (Lipinski definition) is 4. The van der Waals surface area contributed by atoms with Crippen LogP contribution >= 0.6 is 0 Å². The molecule has 25 heavy (non-hydrogen) atoms. The van der Waals surface area contributed by atoms with E-state index in [-0.39, 0.29) is 10.6 Å². The molecule has 0 fully saturated rings. The normalized spacial score (nSPS) is 12.4. The second kappa shape index (κ2) is 7.38. The molecule has 3 N–H and O–H groups in total. The maximum absolute atomic E-state index is 12.3. The molecule has 8 heteroatoms. The minimum absolute atomic E-state index is 0.148. The molecule has 0 bridgehead atoms. The van der Waals surface area contributed by atoms with Gasteiger partial charge < -0.3 is 0 Å². The van der Waals surface area contributed by atoms with E-state index in [9.17, 15) is 16.8 Å². The van der Waals surface area contributed by atoms with Crippen molar-refractivity contribution in [2.45, 2.75) is 25.2 Å². The van der Waals surface area contributed by atoms with Crippen molar-refractivity contribution in [2.75, 3.05) is 4.72 Å². The van der Waals surface area contributed by atoms with Gasteiger partial charge in [0.2, 0.25) is 10.0 Å². The van der Waals surface area contributed by atoms with E-state index >= 15 is 0 Å². The van der Waals surface area contributed by atoms with Crippen molar-refractivity contribution in [3.63, 3.8) is 0 Å². The average Bonchev–Trinajstić information content (AvgIpc) is 2.53. The lowest BCUT2D eigenvalue weighted by atomic mass is 10.1. The van der Waals surface area contributed by atoms with Gasteiger partial charge in [-0.05, 0) is 42.7 Å². The Morgan fingerprint density at radius 3 is 2.24 bits per heavy atom. The Morgan fingerprint density at radius 2 is 1.68 bits per heavy atom. The van der Waals surface area contributed by atoms with Gasteiger partial charge in [0.1, 0.15) is 0 Å². The molecule has 0 aliphatic carbocycles. The number of nitrogens with one attached hydrogen (secondary N) is 1. The quantitative estimate of drug-likeness (QED) is 0.803. The summed E-state index contributed by atoms with van der Waals surface area (Å²) in [7, 11) is -7.72. The topological polar surface area (TPSA) is 106 Å². The van der Waals surface area contributed by atoms with Crippen LogP contribution in [0.1, 0.15) is 23.6 Å². The molecule has 0 amide bonds. The average molecular weight is 380 g/mol. The zero-order valence-electron chi connectivity index (χ0n) is 13.9. The smallest absolute Gasteiger partial charge is 0.255 e. The van der Waals surface area contributed by atoms with Crippen molar-refractivity contribution in [1.29, 1.82) is 0 Å². The third-order valence-corrected chi connectivity index (χ3v) is 5.47. The fourth-order valence-electron chi connectivity index (χ4n) is 2.17. The predicted octanol–water partition coefficient (Wildman–Crippen LogP) is 2.62. The van der Waals surface area contributed by atoms with E-state index in [4.69, 9.17) is 5.14 Å². The lowest BCUT2D eigenvalue weighted by Gasteiger charge is -2.11. The van der Waals surface area contributed by atoms with Gasteiger partial charge in [-0.3, -0.25) is 4.72 Å². The molecular weight excluding hydrogens is 360 g/mol. The first-order valence-corrected chi connectivity index (χ1v) is 10.6. The Bertz CT molecular complexity index is 993. The molecule has 0 aliphatic rings. The molecule has 6 nitrogen and oxygen atoms in total. The van der Waals surface area contributed by atoms with Gasteiger partial charge in [0.15, 0.2) is 0 Å². The highest BCUT2D eigenvalue weighted by Gasteiger charge is 2.14. The minimum Gasteiger partial charge on any atom is -0.280 e. The number of sulfonamides is 2. The van der Waals surface area contributed by atoms with E-state index in [0.29, 0.717) is 12.0 Å². The molecule has 0 saturated heterocycles. The molecule has 0 radical (unpaired) electrons. The summed E-state index contributed by atoms with van der Waals surface area (Å²) >= 11 is 0. The standard InChI is InChI=1S/C17H20N2O4S2/c1-3-15-8-9-16(25(18,22)23)12-17(15)19-24(20,21)11-10-14-6-4-13(2)5-7-14/h4-12,19H,3H2,1-2H3,(H2,18,22,23). The van der Waals surface area contributed by atoms with Crippen LogP contribution in [-0.4, -0.2) is 16.8 Å². The molecule has 2 rings (SSSR count). The molecule has 0 saturated carbocycles. The number of nitrogens with two attached hydrogens (primary N) is 1. The van der Waals surface area contributed by atoms with E-state index in [1.54, 1.807) is 18.2 Å². The first-order valence-electron chi connectivity index (χ1n) is 7.54. The summed E-state index contributed by atoms with van der Waals surface area (Å²) in [5.41, 5.74) is 2.68. The fourth-order valence-corrected chi connectivity index (χ4v) is 3.61. The second-order valence-corrected chi connectivity index (χ2v) is 8.71. The molecule has 0 aromatic heterocycles. The van der Waals surface area contributed by atoms with Crippen LogP contribution in [0.25, 0.3) is 6.08 Å². The number of benzene rings is 2. The van der Waals surface area contributed by atoms with Gasteiger partial charge in [-0.25, -0.2) is 22.0 Å². The third-order valence-electron chi connectivity index (χ3n) is 3.56. The van der Waals surface area contributed by atoms with Gasteiger partial charge in [0.05, 0.1) is 16.0 Å². The van der Waals surface area contributed by atoms with Crippen LogP contribution in [0.15, 0.2) is 52.8 Å². The summed E-state index contributed by atoms with van der Waals surface area (Å²) in [6, 6.07) is 11.5. The summed E-state index contributed by atoms with van der Waals surface area (Å²) in [5, 5.41) is 6.15. The van der Waals surface area contributed by atoms with Crippen molar-refractivity contribution in [3.8, 4) is 0 Å². The Morgan fingerprint density at radius 1 is 1.04 bits per heavy atom. The van der Waals surface area contributed by atoms with Crippen molar-refractivity contribution < 1.29 is 16.8 Å². The van der Waals surface area contributed by atoms with E-state index < -0.39 is 20.0 Å². The molecule has 134 valence electrons. The lowest BCUT2D eigenvalue weighted by molar-refractivity contribution is 0.597. The lowest BCUT2D eigenvalue weighted by Crippen LogP contribution is -2.15. The zero-order chi connectivity index (χ0) is 18.7. The van der Waals surface area contributed by atoms with E-state index in [1.807, 2.05) is 26.0 Å². The first kappa shape index (κ1) is 19.2. The molecule has 0 atom stereocenters. The van der Waals surface area contributed by atoms with Crippen LogP contribution in [0.5, 0.6) is 0 Å². The number of primary sulfonamides is 1. The summed E-state index contributed by atoms with van der Waals surface area (Å²) in [4.78, 5) is -0.148. The largest absolute Gasteiger partial charge is 0.280 e. The second-order valence-electron chi connectivity index (χ2n) is 5.58. The van der Waals surface area contributed by atoms with Gasteiger partial charge in [0, 0.05) is 0 Å². The maximum Gasteiger partial charge on any atom is 0.255 e. The Hall–Kier alpha value is -2.16. The van der Waals surface area contributed by atoms with Crippen LogP contribution in [0.3, 0.4) is 0 Å². The predicted molar refractivity (Wildman–Crippen MR) is 99.9 cm³/mol. The van der Waals surface area contributed by atoms with Gasteiger partial charge in [-0.2, -0.15) is 0 Å². The summed E-state index contributed by atoms with van der Waals surface area (Å²) in [6.45, 7) is 3.78. The summed E-state index contributed by atoms with van der Waals surface area (Å²) in [5.74, 6) is 0. The van der Waals surface area contributed by atoms with Crippen molar-refractivity contribution in [3.05, 3.63) is 64.6 Å². The Labute approximate surface area is 148 Å². The van der Waals surface area contributed by atoms with Gasteiger partial charge in [-0.15, -0.1) is 0 Å². The maximum atomic E-state index is 12.3. The highest BCUT2D eigenvalue weighted by Crippen LogP contribution is 2.22. The number of anilines is 1. The van der Waals surface area contributed by atoms with Crippen LogP contribution in [0.4, 0.5) is 5.69 Å². The van der Waals surface area contributed by atoms with E-state index in [2.05, 4.69) is 4.72 Å². The molecular formula is C17H20N2O4S2. The van der Waals surface area contributed by atoms with Gasteiger partial charge in [0.25, 0.3) is 10.0 Å². The molecule has 0 aliphatic heterocycles. The van der Waals surface area contributed by atoms with Gasteiger partial charge in [-0.1, -0.05) is 42.8 Å². The number of aryl methyl sites for hydroxylation is 2. The fraction of sp³-hybridized carbons (Fsp3) is 0.176. The number of rotatable bonds is 6. The van der Waals surface area contributed by atoms with Gasteiger partial charge >= 0.3 is 0 Å². The van der Waals surface area contributed by atoms with Crippen LogP contribution in [0, 0.1) is 6.92 Å². The zero-order valence-corrected chi connectivity index (χ0v) is 15.6. The Balaban J connectivity index is 2.31. The van der Waals surface area contributed by atoms with E-state index in [0.717, 1.165) is 16.5 Å². The summed E-state index contributed by atoms with van der Waals surface area (Å²) in [6.07, 6.45) is 2.00. The van der Waals surface area contributed by atoms with Crippen LogP contribution < -0.4 is 9.86 Å². The molecule has 0 unspecified atom stereocenters. The number of hydrogen-bond donors (Lipinski definition) is 2. The van der Waals surface area contributed by atoms with Crippen LogP contribution in [-0.2, 0) is 26.5 Å². The Kier molecular flexibility index (Phi) is 5.66. The first-order chi connectivity index (χ1) is 11.6. The van der Waals surface area contributed by atoms with Crippen molar-refractivity contribution in [2.24, 2.45) is 5.14 Å². The van der Waals surface area contributed by atoms with E-state index in [1.165, 1.54) is 18.2 Å².